The molecule has 0 spiro atoms. The summed E-state index contributed by atoms with van der Waals surface area (Å²) < 4.78 is 5.01. The van der Waals surface area contributed by atoms with E-state index in [9.17, 15) is 15.0 Å². The highest BCUT2D eigenvalue weighted by Crippen LogP contribution is 2.41. The van der Waals surface area contributed by atoms with Crippen LogP contribution in [0.1, 0.15) is 35.4 Å². The van der Waals surface area contributed by atoms with Crippen LogP contribution in [0.15, 0.2) is 12.1 Å². The van der Waals surface area contributed by atoms with Crippen LogP contribution in [0, 0.1) is 0 Å². The van der Waals surface area contributed by atoms with Crippen molar-refractivity contribution < 1.29 is 19.7 Å². The highest BCUT2D eigenvalue weighted by Gasteiger charge is 2.33. The molecule has 2 N–H and O–H groups in total. The number of cyclic esters (lactones) is 1. The van der Waals surface area contributed by atoms with E-state index in [2.05, 4.69) is 0 Å². The molecular weight excluding hydrogens is 184 g/mol. The number of esters is 1. The van der Waals surface area contributed by atoms with Gasteiger partial charge in [-0.25, -0.2) is 4.79 Å². The molecule has 1 aliphatic rings. The van der Waals surface area contributed by atoms with Gasteiger partial charge in [0.05, 0.1) is 0 Å². The summed E-state index contributed by atoms with van der Waals surface area (Å²) in [4.78, 5) is 11.3. The lowest BCUT2D eigenvalue weighted by Crippen LogP contribution is -1.96. The van der Waals surface area contributed by atoms with Crippen molar-refractivity contribution in [2.24, 2.45) is 0 Å². The zero-order chi connectivity index (χ0) is 10.3. The number of phenols is 2. The molecule has 74 valence electrons. The minimum absolute atomic E-state index is 0.0943. The maximum atomic E-state index is 11.3. The van der Waals surface area contributed by atoms with Crippen LogP contribution >= 0.6 is 0 Å². The number of carbonyl (C=O) groups excluding carboxylic acids is 1. The second-order valence-corrected chi connectivity index (χ2v) is 3.20. The van der Waals surface area contributed by atoms with E-state index in [1.54, 1.807) is 6.07 Å². The summed E-state index contributed by atoms with van der Waals surface area (Å²) in [6, 6.07) is 2.96. The number of rotatable bonds is 1. The standard InChI is InChI=1S/C10H10O4/c1-2-7-5-3-4-6(11)9(12)8(5)10(13)14-7/h3-4,7,11-12H,2H2,1H3/t7-/m1/s1. The molecule has 4 heteroatoms. The molecule has 2 rings (SSSR count). The Morgan fingerprint density at radius 2 is 2.14 bits per heavy atom. The van der Waals surface area contributed by atoms with Crippen LogP contribution < -0.4 is 0 Å². The summed E-state index contributed by atoms with van der Waals surface area (Å²) >= 11 is 0. The van der Waals surface area contributed by atoms with E-state index in [1.165, 1.54) is 6.07 Å². The third kappa shape index (κ3) is 1.04. The first-order chi connectivity index (χ1) is 6.65. The molecule has 4 nitrogen and oxygen atoms in total. The molecule has 0 radical (unpaired) electrons. The van der Waals surface area contributed by atoms with Crippen molar-refractivity contribution in [3.63, 3.8) is 0 Å². The highest BCUT2D eigenvalue weighted by molar-refractivity contribution is 5.97. The third-order valence-electron chi connectivity index (χ3n) is 2.36. The van der Waals surface area contributed by atoms with Crippen LogP contribution in [-0.2, 0) is 4.74 Å². The summed E-state index contributed by atoms with van der Waals surface area (Å²) in [6.07, 6.45) is 0.354. The number of phenolic OH excluding ortho intramolecular Hbond substituents is 2. The van der Waals surface area contributed by atoms with Crippen molar-refractivity contribution in [3.05, 3.63) is 23.3 Å². The van der Waals surface area contributed by atoms with Crippen LogP contribution in [0.5, 0.6) is 11.5 Å². The Hall–Kier alpha value is -1.71. The minimum atomic E-state index is -0.569. The van der Waals surface area contributed by atoms with Crippen LogP contribution in [-0.4, -0.2) is 16.2 Å². The zero-order valence-electron chi connectivity index (χ0n) is 7.65. The SMILES string of the molecule is CC[C@H]1OC(=O)c2c1ccc(O)c2O. The van der Waals surface area contributed by atoms with E-state index in [-0.39, 0.29) is 23.2 Å². The van der Waals surface area contributed by atoms with E-state index in [1.807, 2.05) is 6.92 Å². The second-order valence-electron chi connectivity index (χ2n) is 3.20. The summed E-state index contributed by atoms with van der Waals surface area (Å²) in [6.45, 7) is 1.89. The predicted molar refractivity (Wildman–Crippen MR) is 48.2 cm³/mol. The molecule has 1 aromatic carbocycles. The maximum absolute atomic E-state index is 11.3. The van der Waals surface area contributed by atoms with E-state index < -0.39 is 5.97 Å². The van der Waals surface area contributed by atoms with Crippen molar-refractivity contribution in [2.75, 3.05) is 0 Å². The molecule has 0 aromatic heterocycles. The van der Waals surface area contributed by atoms with E-state index >= 15 is 0 Å². The Morgan fingerprint density at radius 1 is 1.43 bits per heavy atom. The lowest BCUT2D eigenvalue weighted by atomic mass is 10.0. The van der Waals surface area contributed by atoms with E-state index in [4.69, 9.17) is 4.74 Å². The van der Waals surface area contributed by atoms with Gasteiger partial charge in [0.25, 0.3) is 0 Å². The van der Waals surface area contributed by atoms with Crippen molar-refractivity contribution in [2.45, 2.75) is 19.4 Å². The number of ether oxygens (including phenoxy) is 1. The molecule has 1 atom stereocenters. The van der Waals surface area contributed by atoms with E-state index in [0.717, 1.165) is 0 Å². The Balaban J connectivity index is 2.62. The average Bonchev–Trinajstić information content (AvgIpc) is 2.49. The fourth-order valence-corrected chi connectivity index (χ4v) is 1.63. The van der Waals surface area contributed by atoms with E-state index in [0.29, 0.717) is 12.0 Å². The van der Waals surface area contributed by atoms with Crippen LogP contribution in [0.25, 0.3) is 0 Å². The summed E-state index contributed by atoms with van der Waals surface area (Å²) in [5, 5.41) is 18.7. The third-order valence-corrected chi connectivity index (χ3v) is 2.36. The van der Waals surface area contributed by atoms with Gasteiger partial charge < -0.3 is 14.9 Å². The molecule has 0 saturated heterocycles. The predicted octanol–water partition coefficient (Wildman–Crippen LogP) is 1.72. The van der Waals surface area contributed by atoms with Crippen molar-refractivity contribution in [1.29, 1.82) is 0 Å². The first-order valence-electron chi connectivity index (χ1n) is 4.41. The first kappa shape index (κ1) is 8.87. The molecule has 1 aromatic rings. The monoisotopic (exact) mass is 194 g/mol. The largest absolute Gasteiger partial charge is 0.504 e. The number of carbonyl (C=O) groups is 1. The quantitative estimate of drug-likeness (QED) is 0.527. The van der Waals surface area contributed by atoms with Gasteiger partial charge in [-0.3, -0.25) is 0 Å². The van der Waals surface area contributed by atoms with Gasteiger partial charge in [0.2, 0.25) is 0 Å². The smallest absolute Gasteiger partial charge is 0.343 e. The first-order valence-corrected chi connectivity index (χ1v) is 4.41. The lowest BCUT2D eigenvalue weighted by molar-refractivity contribution is 0.0377. The lowest BCUT2D eigenvalue weighted by Gasteiger charge is -2.06. The fourth-order valence-electron chi connectivity index (χ4n) is 1.63. The van der Waals surface area contributed by atoms with Gasteiger partial charge in [-0.2, -0.15) is 0 Å². The van der Waals surface area contributed by atoms with Gasteiger partial charge in [0.1, 0.15) is 11.7 Å². The number of benzene rings is 1. The summed E-state index contributed by atoms with van der Waals surface area (Å²) in [5.41, 5.74) is 0.740. The summed E-state index contributed by atoms with van der Waals surface area (Å²) in [5.74, 6) is -1.25. The Bertz CT molecular complexity index is 397. The Kier molecular flexibility index (Phi) is 1.84. The number of hydrogen-bond acceptors (Lipinski definition) is 4. The van der Waals surface area contributed by atoms with Gasteiger partial charge in [-0.05, 0) is 12.5 Å². The molecule has 1 heterocycles. The van der Waals surface area contributed by atoms with Crippen LogP contribution in [0.3, 0.4) is 0 Å². The minimum Gasteiger partial charge on any atom is -0.504 e. The molecular formula is C10H10O4. The molecule has 1 aliphatic heterocycles. The number of hydrogen-bond donors (Lipinski definition) is 2. The molecule has 0 fully saturated rings. The molecule has 0 aliphatic carbocycles. The van der Waals surface area contributed by atoms with Crippen LogP contribution in [0.2, 0.25) is 0 Å². The molecule has 0 amide bonds. The van der Waals surface area contributed by atoms with Crippen LogP contribution in [0.4, 0.5) is 0 Å². The van der Waals surface area contributed by atoms with Crippen molar-refractivity contribution >= 4 is 5.97 Å². The summed E-state index contributed by atoms with van der Waals surface area (Å²) in [7, 11) is 0. The Labute approximate surface area is 80.7 Å². The van der Waals surface area contributed by atoms with Gasteiger partial charge in [0.15, 0.2) is 11.5 Å². The topological polar surface area (TPSA) is 66.8 Å². The fraction of sp³-hybridized carbons (Fsp3) is 0.300. The van der Waals surface area contributed by atoms with Gasteiger partial charge in [-0.1, -0.05) is 13.0 Å². The van der Waals surface area contributed by atoms with Gasteiger partial charge >= 0.3 is 5.97 Å². The molecule has 14 heavy (non-hydrogen) atoms. The second kappa shape index (κ2) is 2.90. The maximum Gasteiger partial charge on any atom is 0.343 e. The molecule has 0 bridgehead atoms. The van der Waals surface area contributed by atoms with Gasteiger partial charge in [-0.15, -0.1) is 0 Å². The number of fused-ring (bicyclic) bond motifs is 1. The number of aromatic hydroxyl groups is 2. The van der Waals surface area contributed by atoms with Crippen molar-refractivity contribution in [1.82, 2.24) is 0 Å². The Morgan fingerprint density at radius 3 is 2.79 bits per heavy atom. The average molecular weight is 194 g/mol. The molecule has 0 unspecified atom stereocenters. The highest BCUT2D eigenvalue weighted by atomic mass is 16.5. The van der Waals surface area contributed by atoms with Crippen molar-refractivity contribution in [3.8, 4) is 11.5 Å². The normalized spacial score (nSPS) is 19.2. The molecule has 0 saturated carbocycles. The zero-order valence-corrected chi connectivity index (χ0v) is 7.65. The van der Waals surface area contributed by atoms with Gasteiger partial charge in [0, 0.05) is 5.56 Å².